The quantitative estimate of drug-likeness (QED) is 0.790. The Hall–Kier alpha value is -1.97. The number of aromatic nitrogens is 2. The molecule has 24 heavy (non-hydrogen) atoms. The molecule has 0 unspecified atom stereocenters. The van der Waals surface area contributed by atoms with Crippen molar-refractivity contribution in [1.82, 2.24) is 15.1 Å². The first-order chi connectivity index (χ1) is 11.5. The van der Waals surface area contributed by atoms with Crippen molar-refractivity contribution in [1.29, 1.82) is 0 Å². The van der Waals surface area contributed by atoms with Crippen molar-refractivity contribution in [2.24, 2.45) is 0 Å². The summed E-state index contributed by atoms with van der Waals surface area (Å²) in [5.74, 6) is -1.18. The van der Waals surface area contributed by atoms with Crippen molar-refractivity contribution in [3.05, 3.63) is 29.3 Å². The molecule has 0 radical (unpaired) electrons. The summed E-state index contributed by atoms with van der Waals surface area (Å²) in [5.41, 5.74) is 0.535. The largest absolute Gasteiger partial charge is 0.408 e. The maximum Gasteiger partial charge on any atom is 0.336 e. The minimum absolute atomic E-state index is 0.0454. The molecule has 1 fully saturated rings. The SMILES string of the molecule is O=C(CS(=O)(=O)c1nnc(-c2ccc(Cl)cc2)o1)N1CCOCC1. The number of sulfone groups is 1. The van der Waals surface area contributed by atoms with E-state index in [1.165, 1.54) is 4.90 Å². The second-order valence-corrected chi connectivity index (χ2v) is 7.44. The molecule has 0 saturated carbocycles. The van der Waals surface area contributed by atoms with Crippen molar-refractivity contribution in [2.75, 3.05) is 32.1 Å². The fourth-order valence-corrected chi connectivity index (χ4v) is 3.30. The number of nitrogens with zero attached hydrogens (tertiary/aromatic N) is 3. The Balaban J connectivity index is 1.75. The number of amides is 1. The van der Waals surface area contributed by atoms with Crippen LogP contribution >= 0.6 is 11.6 Å². The Morgan fingerprint density at radius 1 is 1.17 bits per heavy atom. The van der Waals surface area contributed by atoms with Crippen LogP contribution in [-0.2, 0) is 19.4 Å². The van der Waals surface area contributed by atoms with E-state index in [0.29, 0.717) is 36.9 Å². The van der Waals surface area contributed by atoms with Crippen LogP contribution in [0.25, 0.3) is 11.5 Å². The Labute approximate surface area is 143 Å². The lowest BCUT2D eigenvalue weighted by Crippen LogP contribution is -2.43. The van der Waals surface area contributed by atoms with Crippen molar-refractivity contribution < 1.29 is 22.4 Å². The maximum absolute atomic E-state index is 12.3. The van der Waals surface area contributed by atoms with E-state index in [4.69, 9.17) is 20.8 Å². The zero-order valence-corrected chi connectivity index (χ0v) is 14.1. The predicted molar refractivity (Wildman–Crippen MR) is 84.2 cm³/mol. The van der Waals surface area contributed by atoms with Crippen molar-refractivity contribution in [3.63, 3.8) is 0 Å². The van der Waals surface area contributed by atoms with Crippen LogP contribution in [0.2, 0.25) is 5.02 Å². The molecule has 1 amide bonds. The molecule has 1 aromatic heterocycles. The third-order valence-electron chi connectivity index (χ3n) is 3.44. The normalized spacial score (nSPS) is 15.5. The van der Waals surface area contributed by atoms with E-state index in [2.05, 4.69) is 10.2 Å². The summed E-state index contributed by atoms with van der Waals surface area (Å²) in [4.78, 5) is 13.5. The molecule has 0 bridgehead atoms. The topological polar surface area (TPSA) is 103 Å². The van der Waals surface area contributed by atoms with Crippen molar-refractivity contribution in [3.8, 4) is 11.5 Å². The number of benzene rings is 1. The van der Waals surface area contributed by atoms with Gasteiger partial charge in [-0.15, -0.1) is 5.10 Å². The molecule has 0 spiro atoms. The summed E-state index contributed by atoms with van der Waals surface area (Å²) in [6.45, 7) is 1.53. The van der Waals surface area contributed by atoms with Gasteiger partial charge >= 0.3 is 5.22 Å². The first kappa shape index (κ1) is 16.9. The van der Waals surface area contributed by atoms with Gasteiger partial charge in [-0.2, -0.15) is 0 Å². The van der Waals surface area contributed by atoms with E-state index < -0.39 is 26.7 Å². The standard InChI is InChI=1S/C14H14ClN3O5S/c15-11-3-1-10(2-4-11)13-16-17-14(23-13)24(20,21)9-12(19)18-5-7-22-8-6-18/h1-4H,5-9H2. The van der Waals surface area contributed by atoms with E-state index in [9.17, 15) is 13.2 Å². The summed E-state index contributed by atoms with van der Waals surface area (Å²) in [5, 5.41) is 7.23. The van der Waals surface area contributed by atoms with E-state index >= 15 is 0 Å². The summed E-state index contributed by atoms with van der Waals surface area (Å²) in [7, 11) is -4.00. The molecule has 128 valence electrons. The summed E-state index contributed by atoms with van der Waals surface area (Å²) in [6, 6.07) is 6.50. The molecule has 10 heteroatoms. The number of hydrogen-bond acceptors (Lipinski definition) is 7. The van der Waals surface area contributed by atoms with Gasteiger partial charge in [0.25, 0.3) is 0 Å². The minimum Gasteiger partial charge on any atom is -0.408 e. The number of carbonyl (C=O) groups excluding carboxylic acids is 1. The van der Waals surface area contributed by atoms with E-state index in [-0.39, 0.29) is 5.89 Å². The molecule has 0 N–H and O–H groups in total. The zero-order valence-electron chi connectivity index (χ0n) is 12.5. The highest BCUT2D eigenvalue weighted by molar-refractivity contribution is 7.91. The van der Waals surface area contributed by atoms with Crippen LogP contribution in [0.4, 0.5) is 0 Å². The first-order valence-corrected chi connectivity index (χ1v) is 9.16. The van der Waals surface area contributed by atoms with Gasteiger partial charge in [0.05, 0.1) is 13.2 Å². The highest BCUT2D eigenvalue weighted by atomic mass is 35.5. The number of ether oxygens (including phenoxy) is 1. The average molecular weight is 372 g/mol. The van der Waals surface area contributed by atoms with Crippen LogP contribution in [0.5, 0.6) is 0 Å². The number of morpholine rings is 1. The minimum atomic E-state index is -4.00. The third kappa shape index (κ3) is 3.74. The Morgan fingerprint density at radius 2 is 1.83 bits per heavy atom. The van der Waals surface area contributed by atoms with Crippen molar-refractivity contribution in [2.45, 2.75) is 5.22 Å². The molecule has 2 heterocycles. The summed E-state index contributed by atoms with van der Waals surface area (Å²) < 4.78 is 34.9. The average Bonchev–Trinajstić information content (AvgIpc) is 3.07. The highest BCUT2D eigenvalue weighted by Gasteiger charge is 2.29. The van der Waals surface area contributed by atoms with Crippen molar-refractivity contribution >= 4 is 27.3 Å². The van der Waals surface area contributed by atoms with Gasteiger partial charge in [-0.3, -0.25) is 4.79 Å². The van der Waals surface area contributed by atoms with Gasteiger partial charge in [-0.1, -0.05) is 16.7 Å². The van der Waals surface area contributed by atoms with Gasteiger partial charge in [-0.25, -0.2) is 8.42 Å². The Morgan fingerprint density at radius 3 is 2.50 bits per heavy atom. The summed E-state index contributed by atoms with van der Waals surface area (Å²) in [6.07, 6.45) is 0. The third-order valence-corrected chi connectivity index (χ3v) is 5.02. The van der Waals surface area contributed by atoms with Gasteiger partial charge in [-0.05, 0) is 24.3 Å². The lowest BCUT2D eigenvalue weighted by atomic mass is 10.2. The predicted octanol–water partition coefficient (Wildman–Crippen LogP) is 1.02. The second kappa shape index (κ2) is 6.88. The van der Waals surface area contributed by atoms with Gasteiger partial charge in [0.1, 0.15) is 5.75 Å². The molecule has 8 nitrogen and oxygen atoms in total. The Kier molecular flexibility index (Phi) is 4.83. The molecule has 0 atom stereocenters. The van der Waals surface area contributed by atoms with Crippen LogP contribution in [0, 0.1) is 0 Å². The molecule has 1 aliphatic rings. The maximum atomic E-state index is 12.3. The molecule has 1 saturated heterocycles. The number of hydrogen-bond donors (Lipinski definition) is 0. The van der Waals surface area contributed by atoms with Crippen LogP contribution in [0.15, 0.2) is 33.9 Å². The monoisotopic (exact) mass is 371 g/mol. The van der Waals surface area contributed by atoms with Gasteiger partial charge in [0.2, 0.25) is 21.6 Å². The smallest absolute Gasteiger partial charge is 0.336 e. The molecule has 1 aliphatic heterocycles. The molecule has 2 aromatic rings. The van der Waals surface area contributed by atoms with Crippen LogP contribution in [0.3, 0.4) is 0 Å². The molecule has 1 aromatic carbocycles. The fourth-order valence-electron chi connectivity index (χ4n) is 2.17. The Bertz CT molecular complexity index is 828. The van der Waals surface area contributed by atoms with Gasteiger partial charge < -0.3 is 14.1 Å². The number of halogens is 1. The van der Waals surface area contributed by atoms with Crippen LogP contribution < -0.4 is 0 Å². The van der Waals surface area contributed by atoms with E-state index in [1.807, 2.05) is 0 Å². The van der Waals surface area contributed by atoms with Crippen LogP contribution in [-0.4, -0.2) is 61.5 Å². The highest BCUT2D eigenvalue weighted by Crippen LogP contribution is 2.22. The van der Waals surface area contributed by atoms with Crippen LogP contribution in [0.1, 0.15) is 0 Å². The molecular weight excluding hydrogens is 358 g/mol. The van der Waals surface area contributed by atoms with E-state index in [0.717, 1.165) is 0 Å². The van der Waals surface area contributed by atoms with E-state index in [1.54, 1.807) is 24.3 Å². The first-order valence-electron chi connectivity index (χ1n) is 7.13. The van der Waals surface area contributed by atoms with Gasteiger partial charge in [0.15, 0.2) is 0 Å². The second-order valence-electron chi connectivity index (χ2n) is 5.13. The fraction of sp³-hybridized carbons (Fsp3) is 0.357. The molecular formula is C14H14ClN3O5S. The molecule has 0 aliphatic carbocycles. The summed E-state index contributed by atoms with van der Waals surface area (Å²) >= 11 is 5.79. The number of carbonyl (C=O) groups is 1. The zero-order chi connectivity index (χ0) is 17.2. The van der Waals surface area contributed by atoms with Gasteiger partial charge in [0, 0.05) is 23.7 Å². The lowest BCUT2D eigenvalue weighted by molar-refractivity contribution is -0.132. The molecule has 3 rings (SSSR count). The lowest BCUT2D eigenvalue weighted by Gasteiger charge is -2.26. The number of rotatable bonds is 4.